The topological polar surface area (TPSA) is 82.3 Å². The van der Waals surface area contributed by atoms with Gasteiger partial charge in [-0.1, -0.05) is 30.3 Å². The SMILES string of the molecule is CCn1c(=O)c2ccccc2n(CC(=O)NCCCCOc2ccccc2)c1=O. The minimum atomic E-state index is -0.470. The number of hydrogen-bond acceptors (Lipinski definition) is 4. The molecular formula is C22H25N3O4. The Morgan fingerprint density at radius 3 is 2.45 bits per heavy atom. The minimum absolute atomic E-state index is 0.125. The number of ether oxygens (including phenoxy) is 1. The highest BCUT2D eigenvalue weighted by atomic mass is 16.5. The van der Waals surface area contributed by atoms with Crippen molar-refractivity contribution in [1.29, 1.82) is 0 Å². The zero-order valence-electron chi connectivity index (χ0n) is 16.5. The van der Waals surface area contributed by atoms with Crippen molar-refractivity contribution in [3.8, 4) is 5.75 Å². The number of hydrogen-bond donors (Lipinski definition) is 1. The maximum atomic E-state index is 12.6. The molecule has 0 spiro atoms. The highest BCUT2D eigenvalue weighted by molar-refractivity contribution is 5.81. The third kappa shape index (κ3) is 4.93. The number of carbonyl (C=O) groups is 1. The van der Waals surface area contributed by atoms with Crippen molar-refractivity contribution in [3.05, 3.63) is 75.4 Å². The first-order valence-corrected chi connectivity index (χ1v) is 9.78. The number of carbonyl (C=O) groups excluding carboxylic acids is 1. The van der Waals surface area contributed by atoms with E-state index in [4.69, 9.17) is 4.74 Å². The molecule has 7 nitrogen and oxygen atoms in total. The summed E-state index contributed by atoms with van der Waals surface area (Å²) in [5.41, 5.74) is -0.329. The van der Waals surface area contributed by atoms with Crippen LogP contribution in [0.2, 0.25) is 0 Å². The highest BCUT2D eigenvalue weighted by Crippen LogP contribution is 2.09. The maximum Gasteiger partial charge on any atom is 0.331 e. The highest BCUT2D eigenvalue weighted by Gasteiger charge is 2.14. The number of benzene rings is 2. The predicted octanol–water partition coefficient (Wildman–Crippen LogP) is 2.16. The normalized spacial score (nSPS) is 10.8. The van der Waals surface area contributed by atoms with E-state index in [2.05, 4.69) is 5.32 Å². The molecule has 1 heterocycles. The van der Waals surface area contributed by atoms with Crippen molar-refractivity contribution < 1.29 is 9.53 Å². The fourth-order valence-corrected chi connectivity index (χ4v) is 3.16. The van der Waals surface area contributed by atoms with E-state index in [1.807, 2.05) is 30.3 Å². The summed E-state index contributed by atoms with van der Waals surface area (Å²) in [5, 5.41) is 3.26. The maximum absolute atomic E-state index is 12.6. The molecule has 0 saturated carbocycles. The lowest BCUT2D eigenvalue weighted by Crippen LogP contribution is -2.42. The van der Waals surface area contributed by atoms with Crippen molar-refractivity contribution in [1.82, 2.24) is 14.5 Å². The quantitative estimate of drug-likeness (QED) is 0.563. The van der Waals surface area contributed by atoms with Crippen LogP contribution in [0.1, 0.15) is 19.8 Å². The standard InChI is InChI=1S/C22H25N3O4/c1-2-24-21(27)18-12-6-7-13-19(18)25(22(24)28)16-20(26)23-14-8-9-15-29-17-10-4-3-5-11-17/h3-7,10-13H,2,8-9,14-16H2,1H3,(H,23,26). The fourth-order valence-electron chi connectivity index (χ4n) is 3.16. The zero-order valence-corrected chi connectivity index (χ0v) is 16.5. The molecule has 0 aliphatic carbocycles. The largest absolute Gasteiger partial charge is 0.494 e. The van der Waals surface area contributed by atoms with Gasteiger partial charge in [0.15, 0.2) is 0 Å². The van der Waals surface area contributed by atoms with Crippen molar-refractivity contribution >= 4 is 16.8 Å². The number of aromatic nitrogens is 2. The van der Waals surface area contributed by atoms with E-state index in [1.165, 1.54) is 4.57 Å². The van der Waals surface area contributed by atoms with Crippen LogP contribution in [-0.4, -0.2) is 28.2 Å². The molecule has 3 rings (SSSR count). The zero-order chi connectivity index (χ0) is 20.6. The summed E-state index contributed by atoms with van der Waals surface area (Å²) in [4.78, 5) is 37.4. The molecule has 1 N–H and O–H groups in total. The van der Waals surface area contributed by atoms with Gasteiger partial charge in [-0.05, 0) is 44.0 Å². The number of nitrogens with zero attached hydrogens (tertiary/aromatic N) is 2. The van der Waals surface area contributed by atoms with Crippen LogP contribution < -0.4 is 21.3 Å². The number of fused-ring (bicyclic) bond motifs is 1. The van der Waals surface area contributed by atoms with Gasteiger partial charge in [-0.3, -0.25) is 18.7 Å². The number of para-hydroxylation sites is 2. The third-order valence-corrected chi connectivity index (χ3v) is 4.66. The predicted molar refractivity (Wildman–Crippen MR) is 112 cm³/mol. The van der Waals surface area contributed by atoms with Gasteiger partial charge < -0.3 is 10.1 Å². The molecular weight excluding hydrogens is 370 g/mol. The number of rotatable bonds is 9. The first-order chi connectivity index (χ1) is 14.1. The molecule has 0 radical (unpaired) electrons. The second kappa shape index (κ2) is 9.73. The minimum Gasteiger partial charge on any atom is -0.494 e. The Labute approximate surface area is 168 Å². The number of nitrogens with one attached hydrogen (secondary N) is 1. The average molecular weight is 395 g/mol. The van der Waals surface area contributed by atoms with Crippen molar-refractivity contribution in [2.45, 2.75) is 32.9 Å². The Balaban J connectivity index is 1.56. The van der Waals surface area contributed by atoms with E-state index in [0.29, 0.717) is 24.1 Å². The van der Waals surface area contributed by atoms with Gasteiger partial charge in [0.25, 0.3) is 5.56 Å². The molecule has 0 unspecified atom stereocenters. The molecule has 29 heavy (non-hydrogen) atoms. The summed E-state index contributed by atoms with van der Waals surface area (Å²) >= 11 is 0. The lowest BCUT2D eigenvalue weighted by molar-refractivity contribution is -0.121. The molecule has 1 aromatic heterocycles. The van der Waals surface area contributed by atoms with Crippen molar-refractivity contribution in [2.24, 2.45) is 0 Å². The van der Waals surface area contributed by atoms with Gasteiger partial charge in [0.05, 0.1) is 17.5 Å². The molecule has 3 aromatic rings. The Morgan fingerprint density at radius 2 is 1.69 bits per heavy atom. The van der Waals surface area contributed by atoms with E-state index in [1.54, 1.807) is 31.2 Å². The molecule has 0 bridgehead atoms. The van der Waals surface area contributed by atoms with E-state index >= 15 is 0 Å². The molecule has 7 heteroatoms. The number of amides is 1. The van der Waals surface area contributed by atoms with Crippen LogP contribution >= 0.6 is 0 Å². The molecule has 1 amide bonds. The van der Waals surface area contributed by atoms with Crippen LogP contribution in [0.25, 0.3) is 10.9 Å². The van der Waals surface area contributed by atoms with E-state index in [-0.39, 0.29) is 24.6 Å². The second-order valence-corrected chi connectivity index (χ2v) is 6.65. The summed E-state index contributed by atoms with van der Waals surface area (Å²) in [6.45, 7) is 2.94. The lowest BCUT2D eigenvalue weighted by Gasteiger charge is -2.13. The summed E-state index contributed by atoms with van der Waals surface area (Å²) in [6.07, 6.45) is 1.57. The third-order valence-electron chi connectivity index (χ3n) is 4.66. The summed E-state index contributed by atoms with van der Waals surface area (Å²) in [5.74, 6) is 0.566. The monoisotopic (exact) mass is 395 g/mol. The number of unbranched alkanes of at least 4 members (excludes halogenated alkanes) is 1. The van der Waals surface area contributed by atoms with E-state index in [0.717, 1.165) is 23.2 Å². The van der Waals surface area contributed by atoms with Crippen LogP contribution in [0.3, 0.4) is 0 Å². The van der Waals surface area contributed by atoms with E-state index < -0.39 is 5.69 Å². The molecule has 0 aliphatic rings. The first kappa shape index (κ1) is 20.4. The van der Waals surface area contributed by atoms with Crippen LogP contribution in [0.15, 0.2) is 64.2 Å². The Kier molecular flexibility index (Phi) is 6.84. The fraction of sp³-hybridized carbons (Fsp3) is 0.318. The van der Waals surface area contributed by atoms with Crippen LogP contribution in [0.4, 0.5) is 0 Å². The molecule has 0 aliphatic heterocycles. The summed E-state index contributed by atoms with van der Waals surface area (Å²) < 4.78 is 8.12. The van der Waals surface area contributed by atoms with Crippen LogP contribution in [0.5, 0.6) is 5.75 Å². The molecule has 2 aromatic carbocycles. The van der Waals surface area contributed by atoms with Crippen molar-refractivity contribution in [3.63, 3.8) is 0 Å². The Morgan fingerprint density at radius 1 is 0.966 bits per heavy atom. The average Bonchev–Trinajstić information content (AvgIpc) is 2.75. The molecule has 0 saturated heterocycles. The van der Waals surface area contributed by atoms with Gasteiger partial charge in [0, 0.05) is 13.1 Å². The van der Waals surface area contributed by atoms with Gasteiger partial charge in [-0.2, -0.15) is 0 Å². The van der Waals surface area contributed by atoms with Gasteiger partial charge >= 0.3 is 5.69 Å². The van der Waals surface area contributed by atoms with Gasteiger partial charge in [-0.25, -0.2) is 4.79 Å². The molecule has 0 atom stereocenters. The second-order valence-electron chi connectivity index (χ2n) is 6.65. The van der Waals surface area contributed by atoms with Crippen LogP contribution in [0, 0.1) is 0 Å². The molecule has 152 valence electrons. The molecule has 0 fully saturated rings. The summed E-state index contributed by atoms with van der Waals surface area (Å²) in [7, 11) is 0. The van der Waals surface area contributed by atoms with Gasteiger partial charge in [0.1, 0.15) is 12.3 Å². The van der Waals surface area contributed by atoms with Crippen molar-refractivity contribution in [2.75, 3.05) is 13.2 Å². The van der Waals surface area contributed by atoms with Gasteiger partial charge in [0.2, 0.25) is 5.91 Å². The summed E-state index contributed by atoms with van der Waals surface area (Å²) in [6, 6.07) is 16.4. The Bertz CT molecular complexity index is 1090. The first-order valence-electron chi connectivity index (χ1n) is 9.78. The Hall–Kier alpha value is -3.35. The lowest BCUT2D eigenvalue weighted by atomic mass is 10.2. The van der Waals surface area contributed by atoms with Crippen LogP contribution in [-0.2, 0) is 17.9 Å². The van der Waals surface area contributed by atoms with Gasteiger partial charge in [-0.15, -0.1) is 0 Å². The van der Waals surface area contributed by atoms with E-state index in [9.17, 15) is 14.4 Å². The smallest absolute Gasteiger partial charge is 0.331 e.